The summed E-state index contributed by atoms with van der Waals surface area (Å²) in [7, 11) is -4.67. The zero-order valence-electron chi connectivity index (χ0n) is 2.12. The van der Waals surface area contributed by atoms with Crippen molar-refractivity contribution in [2.24, 2.45) is 0 Å². The maximum absolute atomic E-state index is 8.74. The molecule has 4 nitrogen and oxygen atoms in total. The topological polar surface area (TPSA) is 74.6 Å². The first kappa shape index (κ1) is 15.8. The molecule has 0 bridgehead atoms. The van der Waals surface area contributed by atoms with Crippen molar-refractivity contribution in [3.05, 3.63) is 0 Å². The maximum atomic E-state index is 8.74. The fourth-order valence-electron chi connectivity index (χ4n) is 0. The van der Waals surface area contributed by atoms with Gasteiger partial charge in [0.05, 0.1) is 8.41 Å². The molecule has 0 aliphatic heterocycles. The van der Waals surface area contributed by atoms with Crippen LogP contribution in [0.2, 0.25) is 0 Å². The third kappa shape index (κ3) is 95.2. The van der Waals surface area contributed by atoms with Gasteiger partial charge in [-0.3, -0.25) is 9.11 Å². The average molecular weight is 152 g/mol. The predicted octanol–water partition coefficient (Wildman–Crippen LogP) is -2.49. The zero-order valence-corrected chi connectivity index (χ0v) is 2.94. The predicted molar refractivity (Wildman–Crippen MR) is 31.3 cm³/mol. The molecule has 0 aliphatic carbocycles. The van der Waals surface area contributed by atoms with Crippen molar-refractivity contribution in [1.29, 1.82) is 0 Å². The Labute approximate surface area is 86.3 Å². The summed E-state index contributed by atoms with van der Waals surface area (Å²) in [5.41, 5.74) is 0. The van der Waals surface area contributed by atoms with E-state index in [2.05, 4.69) is 0 Å². The molecule has 0 aromatic rings. The van der Waals surface area contributed by atoms with Crippen LogP contribution in [0.1, 0.15) is 0 Å². The summed E-state index contributed by atoms with van der Waals surface area (Å²) in [5.74, 6) is 0. The Hall–Kier alpha value is 1.57. The van der Waals surface area contributed by atoms with Gasteiger partial charge in [-0.15, -0.1) is 0 Å². The molecule has 0 rings (SSSR count). The van der Waals surface area contributed by atoms with E-state index in [1.165, 1.54) is 0 Å². The van der Waals surface area contributed by atoms with Crippen molar-refractivity contribution in [3.63, 3.8) is 0 Å². The van der Waals surface area contributed by atoms with E-state index in [4.69, 9.17) is 17.5 Å². The summed E-state index contributed by atoms with van der Waals surface area (Å²) in [6, 6.07) is 0. The standard InChI is InChI=1S/BH3.K.H2O4S.H/c;;1-5(2,3)4;/h1H3;;(H2,1,2,3,4);. The van der Waals surface area contributed by atoms with Gasteiger partial charge < -0.3 is 0 Å². The molecule has 0 aromatic carbocycles. The molecule has 0 radical (unpaired) electrons. The molecule has 0 saturated carbocycles. The van der Waals surface area contributed by atoms with Crippen molar-refractivity contribution < 1.29 is 17.5 Å². The Morgan fingerprint density at radius 2 is 1.14 bits per heavy atom. The molecule has 0 spiro atoms. The molecule has 0 unspecified atom stereocenters. The van der Waals surface area contributed by atoms with Crippen LogP contribution in [0.15, 0.2) is 0 Å². The first-order valence-electron chi connectivity index (χ1n) is 0.698. The molecule has 7 heavy (non-hydrogen) atoms. The summed E-state index contributed by atoms with van der Waals surface area (Å²) in [4.78, 5) is 0. The van der Waals surface area contributed by atoms with Crippen LogP contribution in [0, 0.1) is 0 Å². The van der Waals surface area contributed by atoms with E-state index in [1.54, 1.807) is 0 Å². The molecular weight excluding hydrogens is 146 g/mol. The Balaban J connectivity index is -0.0000000800. The first-order valence-corrected chi connectivity index (χ1v) is 2.10. The molecule has 0 amide bonds. The molecule has 2 N–H and O–H groups in total. The Morgan fingerprint density at radius 3 is 1.14 bits per heavy atom. The van der Waals surface area contributed by atoms with Gasteiger partial charge in [0.2, 0.25) is 0 Å². The molecule has 0 aliphatic rings. The van der Waals surface area contributed by atoms with Gasteiger partial charge in [0.15, 0.2) is 0 Å². The van der Waals surface area contributed by atoms with Gasteiger partial charge in [0.25, 0.3) is 0 Å². The molecule has 40 valence electrons. The van der Waals surface area contributed by atoms with Gasteiger partial charge in [-0.2, -0.15) is 8.42 Å². The Kier molecular flexibility index (Phi) is 12.9. The second-order valence-electron chi connectivity index (χ2n) is 0.448. The fraction of sp³-hybridized carbons (Fsp3) is 0. The van der Waals surface area contributed by atoms with Gasteiger partial charge in [-0.1, -0.05) is 0 Å². The van der Waals surface area contributed by atoms with Gasteiger partial charge in [-0.25, -0.2) is 0 Å². The van der Waals surface area contributed by atoms with Gasteiger partial charge in [0.1, 0.15) is 0 Å². The van der Waals surface area contributed by atoms with E-state index in [0.29, 0.717) is 0 Å². The Bertz CT molecular complexity index is 94.9. The second kappa shape index (κ2) is 5.70. The third-order valence-corrected chi connectivity index (χ3v) is 0. The molecular formula is H6BKO4S. The van der Waals surface area contributed by atoms with Gasteiger partial charge in [0, 0.05) is 0 Å². The van der Waals surface area contributed by atoms with E-state index < -0.39 is 10.4 Å². The van der Waals surface area contributed by atoms with Crippen molar-refractivity contribution in [1.82, 2.24) is 0 Å². The molecule has 0 atom stereocenters. The number of hydrogen-bond acceptors (Lipinski definition) is 2. The number of rotatable bonds is 0. The molecule has 0 saturated heterocycles. The Morgan fingerprint density at radius 1 is 1.14 bits per heavy atom. The molecule has 0 aromatic heterocycles. The zero-order chi connectivity index (χ0) is 4.50. The summed E-state index contributed by atoms with van der Waals surface area (Å²) >= 11 is 0. The SMILES string of the molecule is B.O=S(=O)(O)O.[KH]. The summed E-state index contributed by atoms with van der Waals surface area (Å²) in [6.45, 7) is 0. The van der Waals surface area contributed by atoms with Crippen molar-refractivity contribution in [2.75, 3.05) is 0 Å². The minimum absolute atomic E-state index is 0. The van der Waals surface area contributed by atoms with E-state index in [1.807, 2.05) is 0 Å². The van der Waals surface area contributed by atoms with Gasteiger partial charge in [-0.05, 0) is 0 Å². The fourth-order valence-corrected chi connectivity index (χ4v) is 0. The number of hydrogen-bond donors (Lipinski definition) is 2. The van der Waals surface area contributed by atoms with E-state index in [-0.39, 0.29) is 59.8 Å². The first-order chi connectivity index (χ1) is 2.00. The quantitative estimate of drug-likeness (QED) is 0.297. The monoisotopic (exact) mass is 152 g/mol. The second-order valence-corrected chi connectivity index (χ2v) is 1.34. The van der Waals surface area contributed by atoms with E-state index in [0.717, 1.165) is 0 Å². The van der Waals surface area contributed by atoms with Crippen LogP contribution < -0.4 is 0 Å². The minimum atomic E-state index is -4.67. The summed E-state index contributed by atoms with van der Waals surface area (Å²) in [5, 5.41) is 0. The van der Waals surface area contributed by atoms with Crippen LogP contribution in [0.25, 0.3) is 0 Å². The summed E-state index contributed by atoms with van der Waals surface area (Å²) < 4.78 is 31.6. The van der Waals surface area contributed by atoms with Crippen LogP contribution in [-0.4, -0.2) is 77.3 Å². The van der Waals surface area contributed by atoms with Crippen LogP contribution in [0.3, 0.4) is 0 Å². The van der Waals surface area contributed by atoms with Crippen LogP contribution in [-0.2, 0) is 10.4 Å². The molecule has 7 heteroatoms. The molecule has 0 heterocycles. The normalized spacial score (nSPS) is 8.29. The van der Waals surface area contributed by atoms with E-state index in [9.17, 15) is 0 Å². The van der Waals surface area contributed by atoms with Crippen molar-refractivity contribution in [2.45, 2.75) is 0 Å². The van der Waals surface area contributed by atoms with Crippen LogP contribution >= 0.6 is 0 Å². The molecule has 0 fully saturated rings. The van der Waals surface area contributed by atoms with Crippen molar-refractivity contribution in [3.8, 4) is 0 Å². The summed E-state index contributed by atoms with van der Waals surface area (Å²) in [6.07, 6.45) is 0. The van der Waals surface area contributed by atoms with Gasteiger partial charge >= 0.3 is 61.8 Å². The van der Waals surface area contributed by atoms with E-state index >= 15 is 0 Å². The third-order valence-electron chi connectivity index (χ3n) is 0. The van der Waals surface area contributed by atoms with Crippen molar-refractivity contribution >= 4 is 70.2 Å². The van der Waals surface area contributed by atoms with Crippen LogP contribution in [0.4, 0.5) is 0 Å². The van der Waals surface area contributed by atoms with Crippen LogP contribution in [0.5, 0.6) is 0 Å². The average Bonchev–Trinajstić information content (AvgIpc) is 0.722.